The molecular formula is C21H20N4O3. The van der Waals surface area contributed by atoms with Gasteiger partial charge in [0.1, 0.15) is 6.54 Å². The minimum atomic E-state index is -0.280. The maximum atomic E-state index is 12.5. The first-order valence-electron chi connectivity index (χ1n) is 9.46. The third kappa shape index (κ3) is 2.74. The monoisotopic (exact) mass is 376 g/mol. The van der Waals surface area contributed by atoms with E-state index in [9.17, 15) is 14.4 Å². The Labute approximate surface area is 162 Å². The van der Waals surface area contributed by atoms with Crippen LogP contribution in [0.15, 0.2) is 36.5 Å². The summed E-state index contributed by atoms with van der Waals surface area (Å²) in [4.78, 5) is 45.2. The minimum Gasteiger partial charge on any atom is -0.331 e. The molecule has 7 nitrogen and oxygen atoms in total. The maximum Gasteiger partial charge on any atom is 0.327 e. The topological polar surface area (TPSA) is 73.8 Å². The highest BCUT2D eigenvalue weighted by atomic mass is 16.2. The van der Waals surface area contributed by atoms with Crippen LogP contribution in [0.5, 0.6) is 0 Å². The lowest BCUT2D eigenvalue weighted by molar-refractivity contribution is -0.124. The second-order valence-corrected chi connectivity index (χ2v) is 7.68. The van der Waals surface area contributed by atoms with E-state index in [1.807, 2.05) is 29.2 Å². The Kier molecular flexibility index (Phi) is 3.72. The van der Waals surface area contributed by atoms with Gasteiger partial charge in [0.25, 0.3) is 5.91 Å². The van der Waals surface area contributed by atoms with Gasteiger partial charge < -0.3 is 9.80 Å². The highest BCUT2D eigenvalue weighted by molar-refractivity contribution is 6.01. The van der Waals surface area contributed by atoms with Crippen LogP contribution in [0.4, 0.5) is 4.79 Å². The molecule has 5 rings (SSSR count). The van der Waals surface area contributed by atoms with Gasteiger partial charge in [0.15, 0.2) is 0 Å². The van der Waals surface area contributed by atoms with Gasteiger partial charge in [-0.05, 0) is 42.2 Å². The molecule has 142 valence electrons. The van der Waals surface area contributed by atoms with Crippen LogP contribution in [0.25, 0.3) is 11.3 Å². The Morgan fingerprint density at radius 2 is 1.89 bits per heavy atom. The summed E-state index contributed by atoms with van der Waals surface area (Å²) >= 11 is 0. The summed E-state index contributed by atoms with van der Waals surface area (Å²) in [7, 11) is 1.50. The molecule has 0 unspecified atom stereocenters. The van der Waals surface area contributed by atoms with Gasteiger partial charge in [-0.3, -0.25) is 19.5 Å². The first kappa shape index (κ1) is 16.9. The molecule has 3 heterocycles. The zero-order chi connectivity index (χ0) is 19.4. The molecule has 2 aliphatic heterocycles. The lowest BCUT2D eigenvalue weighted by Gasteiger charge is -2.14. The Bertz CT molecular complexity index is 997. The summed E-state index contributed by atoms with van der Waals surface area (Å²) in [6.07, 6.45) is 3.95. The molecule has 0 atom stereocenters. The molecule has 1 aromatic heterocycles. The highest BCUT2D eigenvalue weighted by Crippen LogP contribution is 2.35. The van der Waals surface area contributed by atoms with Crippen molar-refractivity contribution >= 4 is 17.8 Å². The zero-order valence-corrected chi connectivity index (χ0v) is 15.6. The van der Waals surface area contributed by atoms with Gasteiger partial charge in [0.2, 0.25) is 5.91 Å². The normalized spacial score (nSPS) is 19.0. The summed E-state index contributed by atoms with van der Waals surface area (Å²) in [6.45, 7) is 1.15. The second-order valence-electron chi connectivity index (χ2n) is 7.68. The van der Waals surface area contributed by atoms with Crippen molar-refractivity contribution in [3.63, 3.8) is 0 Å². The van der Waals surface area contributed by atoms with E-state index in [-0.39, 0.29) is 24.4 Å². The Balaban J connectivity index is 1.33. The van der Waals surface area contributed by atoms with E-state index in [0.29, 0.717) is 19.1 Å². The smallest absolute Gasteiger partial charge is 0.327 e. The third-order valence-electron chi connectivity index (χ3n) is 5.68. The zero-order valence-electron chi connectivity index (χ0n) is 15.6. The molecule has 1 saturated carbocycles. The molecule has 2 fully saturated rings. The molecule has 28 heavy (non-hydrogen) atoms. The van der Waals surface area contributed by atoms with Crippen molar-refractivity contribution in [2.24, 2.45) is 0 Å². The fourth-order valence-corrected chi connectivity index (χ4v) is 3.87. The van der Waals surface area contributed by atoms with Crippen molar-refractivity contribution in [3.05, 3.63) is 53.2 Å². The number of hydrogen-bond donors (Lipinski definition) is 0. The number of urea groups is 1. The third-order valence-corrected chi connectivity index (χ3v) is 5.68. The Hall–Kier alpha value is -3.22. The molecule has 0 bridgehead atoms. The van der Waals surface area contributed by atoms with Crippen LogP contribution in [0, 0.1) is 0 Å². The Morgan fingerprint density at radius 1 is 1.07 bits per heavy atom. The molecule has 0 radical (unpaired) electrons. The second kappa shape index (κ2) is 6.15. The highest BCUT2D eigenvalue weighted by Gasteiger charge is 2.38. The predicted octanol–water partition coefficient (Wildman–Crippen LogP) is 2.26. The Morgan fingerprint density at radius 3 is 2.54 bits per heavy atom. The molecular weight excluding hydrogens is 356 g/mol. The molecule has 1 aliphatic carbocycles. The van der Waals surface area contributed by atoms with E-state index in [0.717, 1.165) is 45.7 Å². The van der Waals surface area contributed by atoms with Crippen molar-refractivity contribution in [2.75, 3.05) is 13.6 Å². The number of likely N-dealkylation sites (N-methyl/N-ethyl adjacent to an activating group) is 1. The summed E-state index contributed by atoms with van der Waals surface area (Å²) in [5, 5.41) is 0. The largest absolute Gasteiger partial charge is 0.331 e. The molecule has 7 heteroatoms. The summed E-state index contributed by atoms with van der Waals surface area (Å²) in [6, 6.07) is 9.86. The van der Waals surface area contributed by atoms with Gasteiger partial charge in [-0.2, -0.15) is 0 Å². The molecule has 0 spiro atoms. The maximum absolute atomic E-state index is 12.5. The number of imide groups is 1. The molecule has 1 aromatic carbocycles. The van der Waals surface area contributed by atoms with Gasteiger partial charge in [-0.1, -0.05) is 12.1 Å². The van der Waals surface area contributed by atoms with Crippen LogP contribution in [0.3, 0.4) is 0 Å². The minimum absolute atomic E-state index is 0.105. The standard InChI is InChI=1S/C21H20N4O3/c1-23-19(26)12-24(21(23)28)10-13-2-7-18(22-9-13)14-3-6-17-15(8-14)11-25(20(17)27)16-4-5-16/h2-3,6-9,16H,4-5,10-12H2,1H3. The lowest BCUT2D eigenvalue weighted by Crippen LogP contribution is -2.29. The fourth-order valence-electron chi connectivity index (χ4n) is 3.87. The van der Waals surface area contributed by atoms with E-state index in [1.54, 1.807) is 6.20 Å². The van der Waals surface area contributed by atoms with E-state index >= 15 is 0 Å². The predicted molar refractivity (Wildman–Crippen MR) is 101 cm³/mol. The van der Waals surface area contributed by atoms with E-state index < -0.39 is 0 Å². The van der Waals surface area contributed by atoms with Crippen molar-refractivity contribution in [1.82, 2.24) is 19.7 Å². The number of nitrogens with zero attached hydrogens (tertiary/aromatic N) is 4. The summed E-state index contributed by atoms with van der Waals surface area (Å²) in [5.74, 6) is -0.0512. The number of hydrogen-bond acceptors (Lipinski definition) is 4. The van der Waals surface area contributed by atoms with Gasteiger partial charge in [-0.15, -0.1) is 0 Å². The molecule has 1 saturated heterocycles. The van der Waals surface area contributed by atoms with Crippen LogP contribution < -0.4 is 0 Å². The SMILES string of the molecule is CN1C(=O)CN(Cc2ccc(-c3ccc4c(c3)CN(C3CC3)C4=O)nc2)C1=O. The van der Waals surface area contributed by atoms with Crippen LogP contribution >= 0.6 is 0 Å². The number of fused-ring (bicyclic) bond motifs is 1. The molecule has 0 N–H and O–H groups in total. The summed E-state index contributed by atoms with van der Waals surface area (Å²) < 4.78 is 0. The summed E-state index contributed by atoms with van der Waals surface area (Å²) in [5.41, 5.74) is 4.53. The number of aromatic nitrogens is 1. The number of pyridine rings is 1. The fraction of sp³-hybridized carbons (Fsp3) is 0.333. The number of carbonyl (C=O) groups excluding carboxylic acids is 3. The van der Waals surface area contributed by atoms with Crippen molar-refractivity contribution in [2.45, 2.75) is 32.0 Å². The van der Waals surface area contributed by atoms with Crippen molar-refractivity contribution in [1.29, 1.82) is 0 Å². The average molecular weight is 376 g/mol. The van der Waals surface area contributed by atoms with E-state index in [2.05, 4.69) is 11.1 Å². The number of amides is 4. The van der Waals surface area contributed by atoms with Crippen LogP contribution in [0.1, 0.15) is 34.3 Å². The number of carbonyl (C=O) groups is 3. The molecule has 3 aliphatic rings. The van der Waals surface area contributed by atoms with Crippen LogP contribution in [-0.4, -0.2) is 57.2 Å². The quantitative estimate of drug-likeness (QED) is 0.768. The van der Waals surface area contributed by atoms with Gasteiger partial charge in [-0.25, -0.2) is 4.79 Å². The van der Waals surface area contributed by atoms with E-state index in [4.69, 9.17) is 0 Å². The average Bonchev–Trinajstić information content (AvgIpc) is 3.46. The first-order chi connectivity index (χ1) is 13.5. The van der Waals surface area contributed by atoms with Crippen LogP contribution in [0.2, 0.25) is 0 Å². The van der Waals surface area contributed by atoms with Gasteiger partial charge >= 0.3 is 6.03 Å². The molecule has 4 amide bonds. The number of benzene rings is 1. The van der Waals surface area contributed by atoms with Gasteiger partial charge in [0.05, 0.1) is 5.69 Å². The van der Waals surface area contributed by atoms with Crippen LogP contribution in [-0.2, 0) is 17.9 Å². The lowest BCUT2D eigenvalue weighted by atomic mass is 10.0. The first-order valence-corrected chi connectivity index (χ1v) is 9.46. The number of rotatable bonds is 4. The van der Waals surface area contributed by atoms with Crippen molar-refractivity contribution < 1.29 is 14.4 Å². The van der Waals surface area contributed by atoms with Crippen molar-refractivity contribution in [3.8, 4) is 11.3 Å². The molecule has 2 aromatic rings. The van der Waals surface area contributed by atoms with E-state index in [1.165, 1.54) is 11.9 Å². The van der Waals surface area contributed by atoms with Gasteiger partial charge in [0, 0.05) is 43.5 Å².